The van der Waals surface area contributed by atoms with Crippen molar-refractivity contribution < 1.29 is 9.31 Å². The third-order valence-corrected chi connectivity index (χ3v) is 6.19. The molecular weight excluding hydrogens is 359 g/mol. The van der Waals surface area contributed by atoms with Crippen LogP contribution in [-0.4, -0.2) is 28.3 Å². The smallest absolute Gasteiger partial charge is 0.399 e. The van der Waals surface area contributed by atoms with Crippen LogP contribution in [0.4, 0.5) is 0 Å². The highest BCUT2D eigenvalue weighted by Gasteiger charge is 2.51. The van der Waals surface area contributed by atoms with Crippen molar-refractivity contribution in [1.29, 1.82) is 0 Å². The molecule has 0 radical (unpaired) electrons. The molecule has 3 aromatic rings. The largest absolute Gasteiger partial charge is 0.494 e. The van der Waals surface area contributed by atoms with E-state index in [1.54, 1.807) is 0 Å². The fourth-order valence-electron chi connectivity index (χ4n) is 3.66. The van der Waals surface area contributed by atoms with Gasteiger partial charge in [0.05, 0.1) is 16.7 Å². The predicted octanol–water partition coefficient (Wildman–Crippen LogP) is 4.49. The Morgan fingerprint density at radius 1 is 0.862 bits per heavy atom. The number of rotatable bonds is 6. The SMILES string of the molecule is CC1(C)OB(c2ccc3ncc(CCCCc4cccnc4)cc3c2)OC1(C)C. The average Bonchev–Trinajstić information content (AvgIpc) is 2.93. The van der Waals surface area contributed by atoms with Crippen molar-refractivity contribution in [2.75, 3.05) is 0 Å². The molecule has 0 saturated carbocycles. The van der Waals surface area contributed by atoms with Gasteiger partial charge in [0.15, 0.2) is 0 Å². The van der Waals surface area contributed by atoms with E-state index in [2.05, 4.69) is 68.0 Å². The van der Waals surface area contributed by atoms with Gasteiger partial charge in [0.2, 0.25) is 0 Å². The number of unbranched alkanes of at least 4 members (excludes halogenated alkanes) is 1. The van der Waals surface area contributed by atoms with Gasteiger partial charge in [-0.05, 0) is 88.2 Å². The Kier molecular flexibility index (Phi) is 5.45. The highest BCUT2D eigenvalue weighted by molar-refractivity contribution is 6.62. The summed E-state index contributed by atoms with van der Waals surface area (Å²) in [5, 5.41) is 1.14. The Balaban J connectivity index is 1.43. The number of hydrogen-bond acceptors (Lipinski definition) is 4. The highest BCUT2D eigenvalue weighted by Crippen LogP contribution is 2.36. The molecule has 2 aromatic heterocycles. The van der Waals surface area contributed by atoms with Crippen molar-refractivity contribution >= 4 is 23.5 Å². The summed E-state index contributed by atoms with van der Waals surface area (Å²) in [4.78, 5) is 8.84. The predicted molar refractivity (Wildman–Crippen MR) is 118 cm³/mol. The second-order valence-electron chi connectivity index (χ2n) is 8.95. The molecule has 3 heterocycles. The Morgan fingerprint density at radius 3 is 2.28 bits per heavy atom. The summed E-state index contributed by atoms with van der Waals surface area (Å²) in [6.07, 6.45) is 10.2. The third kappa shape index (κ3) is 4.36. The van der Waals surface area contributed by atoms with Crippen LogP contribution in [0.1, 0.15) is 51.7 Å². The molecule has 5 heteroatoms. The molecule has 0 bridgehead atoms. The minimum atomic E-state index is -0.340. The number of nitrogens with zero attached hydrogens (tertiary/aromatic N) is 2. The number of aryl methyl sites for hydroxylation is 2. The minimum absolute atomic E-state index is 0.332. The summed E-state index contributed by atoms with van der Waals surface area (Å²) < 4.78 is 12.4. The molecular formula is C24H29BN2O2. The second-order valence-corrected chi connectivity index (χ2v) is 8.95. The molecule has 1 fully saturated rings. The van der Waals surface area contributed by atoms with E-state index in [1.165, 1.54) is 11.1 Å². The summed E-state index contributed by atoms with van der Waals surface area (Å²) in [7, 11) is -0.340. The maximum Gasteiger partial charge on any atom is 0.494 e. The van der Waals surface area contributed by atoms with E-state index in [0.29, 0.717) is 0 Å². The van der Waals surface area contributed by atoms with E-state index in [-0.39, 0.29) is 18.3 Å². The molecule has 4 nitrogen and oxygen atoms in total. The van der Waals surface area contributed by atoms with E-state index in [9.17, 15) is 0 Å². The van der Waals surface area contributed by atoms with Crippen molar-refractivity contribution in [3.8, 4) is 0 Å². The van der Waals surface area contributed by atoms with Crippen molar-refractivity contribution in [2.24, 2.45) is 0 Å². The first-order chi connectivity index (χ1) is 13.8. The van der Waals surface area contributed by atoms with Gasteiger partial charge in [-0.1, -0.05) is 18.2 Å². The lowest BCUT2D eigenvalue weighted by Crippen LogP contribution is -2.41. The van der Waals surface area contributed by atoms with Crippen molar-refractivity contribution in [3.05, 3.63) is 66.1 Å². The zero-order valence-corrected chi connectivity index (χ0v) is 17.8. The fraction of sp³-hybridized carbons (Fsp3) is 0.417. The van der Waals surface area contributed by atoms with Crippen LogP contribution >= 0.6 is 0 Å². The Labute approximate surface area is 173 Å². The van der Waals surface area contributed by atoms with Gasteiger partial charge in [-0.3, -0.25) is 9.97 Å². The average molecular weight is 388 g/mol. The maximum atomic E-state index is 6.20. The molecule has 0 amide bonds. The molecule has 0 atom stereocenters. The van der Waals surface area contributed by atoms with Gasteiger partial charge in [-0.15, -0.1) is 0 Å². The lowest BCUT2D eigenvalue weighted by atomic mass is 9.78. The van der Waals surface area contributed by atoms with E-state index in [4.69, 9.17) is 9.31 Å². The van der Waals surface area contributed by atoms with E-state index in [0.717, 1.165) is 42.0 Å². The normalized spacial score (nSPS) is 17.7. The lowest BCUT2D eigenvalue weighted by molar-refractivity contribution is 0.00578. The number of benzene rings is 1. The Hall–Kier alpha value is -2.24. The summed E-state index contributed by atoms with van der Waals surface area (Å²) >= 11 is 0. The molecule has 0 spiro atoms. The van der Waals surface area contributed by atoms with Gasteiger partial charge in [0.1, 0.15) is 0 Å². The summed E-state index contributed by atoms with van der Waals surface area (Å²) in [6.45, 7) is 8.33. The lowest BCUT2D eigenvalue weighted by Gasteiger charge is -2.32. The first kappa shape index (κ1) is 20.1. The van der Waals surface area contributed by atoms with E-state index < -0.39 is 0 Å². The second kappa shape index (κ2) is 7.89. The first-order valence-corrected chi connectivity index (χ1v) is 10.5. The fourth-order valence-corrected chi connectivity index (χ4v) is 3.66. The molecule has 29 heavy (non-hydrogen) atoms. The first-order valence-electron chi connectivity index (χ1n) is 10.5. The topological polar surface area (TPSA) is 44.2 Å². The monoisotopic (exact) mass is 388 g/mol. The summed E-state index contributed by atoms with van der Waals surface area (Å²) in [5.74, 6) is 0. The molecule has 1 aliphatic rings. The van der Waals surface area contributed by atoms with Crippen LogP contribution < -0.4 is 5.46 Å². The standard InChI is InChI=1S/C24H29BN2O2/c1-23(2)24(3,4)29-25(28-23)21-11-12-22-20(15-21)14-19(17-27-22)9-6-5-8-18-10-7-13-26-16-18/h7,10-17H,5-6,8-9H2,1-4H3. The number of hydrogen-bond donors (Lipinski definition) is 0. The van der Waals surface area contributed by atoms with Gasteiger partial charge in [-0.2, -0.15) is 0 Å². The van der Waals surface area contributed by atoms with Crippen LogP contribution in [0.15, 0.2) is 55.0 Å². The van der Waals surface area contributed by atoms with Crippen molar-refractivity contribution in [3.63, 3.8) is 0 Å². The van der Waals surface area contributed by atoms with Gasteiger partial charge in [0.25, 0.3) is 0 Å². The molecule has 1 aliphatic heterocycles. The van der Waals surface area contributed by atoms with Gasteiger partial charge >= 0.3 is 7.12 Å². The minimum Gasteiger partial charge on any atom is -0.399 e. The highest BCUT2D eigenvalue weighted by atomic mass is 16.7. The zero-order valence-electron chi connectivity index (χ0n) is 17.8. The van der Waals surface area contributed by atoms with Crippen molar-refractivity contribution in [1.82, 2.24) is 9.97 Å². The van der Waals surface area contributed by atoms with Crippen LogP contribution in [0.25, 0.3) is 10.9 Å². The molecule has 0 N–H and O–H groups in total. The van der Waals surface area contributed by atoms with Crippen LogP contribution in [0.2, 0.25) is 0 Å². The van der Waals surface area contributed by atoms with Crippen LogP contribution in [0.3, 0.4) is 0 Å². The van der Waals surface area contributed by atoms with Gasteiger partial charge in [0, 0.05) is 24.0 Å². The number of fused-ring (bicyclic) bond motifs is 1. The van der Waals surface area contributed by atoms with Crippen LogP contribution in [0, 0.1) is 0 Å². The Morgan fingerprint density at radius 2 is 1.59 bits per heavy atom. The molecule has 4 rings (SSSR count). The van der Waals surface area contributed by atoms with Crippen LogP contribution in [0.5, 0.6) is 0 Å². The molecule has 0 unspecified atom stereocenters. The summed E-state index contributed by atoms with van der Waals surface area (Å²) in [6, 6.07) is 12.7. The number of aromatic nitrogens is 2. The molecule has 150 valence electrons. The van der Waals surface area contributed by atoms with E-state index >= 15 is 0 Å². The van der Waals surface area contributed by atoms with Crippen LogP contribution in [-0.2, 0) is 22.2 Å². The Bertz CT molecular complexity index is 973. The molecule has 1 saturated heterocycles. The summed E-state index contributed by atoms with van der Waals surface area (Å²) in [5.41, 5.74) is 3.96. The molecule has 0 aliphatic carbocycles. The molecule has 1 aromatic carbocycles. The van der Waals surface area contributed by atoms with E-state index in [1.807, 2.05) is 24.7 Å². The maximum absolute atomic E-state index is 6.20. The number of pyridine rings is 2. The quantitative estimate of drug-likeness (QED) is 0.461. The zero-order chi connectivity index (χ0) is 20.5. The van der Waals surface area contributed by atoms with Gasteiger partial charge < -0.3 is 9.31 Å². The van der Waals surface area contributed by atoms with Crippen molar-refractivity contribution in [2.45, 2.75) is 64.6 Å². The van der Waals surface area contributed by atoms with Gasteiger partial charge in [-0.25, -0.2) is 0 Å². The third-order valence-electron chi connectivity index (χ3n) is 6.19.